The van der Waals surface area contributed by atoms with Crippen molar-refractivity contribution < 1.29 is 4.79 Å². The minimum atomic E-state index is -0.0515. The first-order valence-corrected chi connectivity index (χ1v) is 6.73. The van der Waals surface area contributed by atoms with Crippen LogP contribution in [0.15, 0.2) is 6.07 Å². The summed E-state index contributed by atoms with van der Waals surface area (Å²) in [5, 5.41) is 7.39. The molecule has 0 spiro atoms. The molecule has 0 saturated carbocycles. The van der Waals surface area contributed by atoms with Crippen molar-refractivity contribution in [1.29, 1.82) is 0 Å². The lowest BCUT2D eigenvalue weighted by Crippen LogP contribution is -2.37. The molecule has 1 atom stereocenters. The van der Waals surface area contributed by atoms with Crippen molar-refractivity contribution in [3.8, 4) is 0 Å². The molecule has 0 fully saturated rings. The molecule has 1 unspecified atom stereocenters. The van der Waals surface area contributed by atoms with Crippen molar-refractivity contribution in [3.63, 3.8) is 0 Å². The zero-order chi connectivity index (χ0) is 13.5. The van der Waals surface area contributed by atoms with Crippen LogP contribution < -0.4 is 11.1 Å². The number of carbonyl (C=O) groups excluding carboxylic acids is 1. The van der Waals surface area contributed by atoms with Crippen LogP contribution in [0.4, 0.5) is 0 Å². The van der Waals surface area contributed by atoms with Gasteiger partial charge in [0, 0.05) is 12.6 Å². The van der Waals surface area contributed by atoms with Crippen LogP contribution in [-0.4, -0.2) is 28.3 Å². The molecule has 1 rings (SSSR count). The number of aryl methyl sites for hydroxylation is 2. The number of hydrogen-bond acceptors (Lipinski definition) is 3. The molecule has 18 heavy (non-hydrogen) atoms. The van der Waals surface area contributed by atoms with Gasteiger partial charge in [0.25, 0.3) is 5.91 Å². The van der Waals surface area contributed by atoms with E-state index in [4.69, 9.17) is 5.73 Å². The summed E-state index contributed by atoms with van der Waals surface area (Å²) >= 11 is 0. The van der Waals surface area contributed by atoms with Gasteiger partial charge in [-0.15, -0.1) is 0 Å². The molecule has 1 amide bonds. The van der Waals surface area contributed by atoms with Crippen LogP contribution in [0.3, 0.4) is 0 Å². The molecule has 5 nitrogen and oxygen atoms in total. The third-order valence-corrected chi connectivity index (χ3v) is 3.07. The van der Waals surface area contributed by atoms with Crippen LogP contribution in [0.5, 0.6) is 0 Å². The average molecular weight is 252 g/mol. The van der Waals surface area contributed by atoms with E-state index in [-0.39, 0.29) is 11.9 Å². The maximum Gasteiger partial charge on any atom is 0.269 e. The molecule has 0 aliphatic carbocycles. The van der Waals surface area contributed by atoms with Crippen molar-refractivity contribution in [1.82, 2.24) is 15.1 Å². The lowest BCUT2D eigenvalue weighted by molar-refractivity contribution is 0.0923. The molecule has 1 aromatic heterocycles. The number of nitrogens with two attached hydrogens (primary N) is 1. The largest absolute Gasteiger partial charge is 0.348 e. The van der Waals surface area contributed by atoms with Gasteiger partial charge in [-0.25, -0.2) is 0 Å². The fourth-order valence-corrected chi connectivity index (χ4v) is 1.91. The summed E-state index contributed by atoms with van der Waals surface area (Å²) in [7, 11) is 0. The van der Waals surface area contributed by atoms with Gasteiger partial charge in [-0.3, -0.25) is 9.48 Å². The van der Waals surface area contributed by atoms with E-state index in [1.165, 1.54) is 0 Å². The Bertz CT molecular complexity index is 386. The van der Waals surface area contributed by atoms with Crippen LogP contribution in [-0.2, 0) is 13.0 Å². The number of aromatic nitrogens is 2. The Morgan fingerprint density at radius 3 is 2.72 bits per heavy atom. The Labute approximate surface area is 109 Å². The lowest BCUT2D eigenvalue weighted by Gasteiger charge is -2.16. The van der Waals surface area contributed by atoms with Gasteiger partial charge in [-0.2, -0.15) is 5.10 Å². The first-order chi connectivity index (χ1) is 8.65. The number of amides is 1. The Kier molecular flexibility index (Phi) is 5.85. The number of nitrogens with one attached hydrogen (secondary N) is 1. The van der Waals surface area contributed by atoms with Gasteiger partial charge in [-0.1, -0.05) is 13.8 Å². The Morgan fingerprint density at radius 2 is 2.22 bits per heavy atom. The molecular weight excluding hydrogens is 228 g/mol. The van der Waals surface area contributed by atoms with Crippen molar-refractivity contribution >= 4 is 5.91 Å². The maximum atomic E-state index is 12.2. The predicted octanol–water partition coefficient (Wildman–Crippen LogP) is 1.32. The zero-order valence-electron chi connectivity index (χ0n) is 11.6. The highest BCUT2D eigenvalue weighted by molar-refractivity contribution is 5.92. The van der Waals surface area contributed by atoms with E-state index in [9.17, 15) is 4.79 Å². The summed E-state index contributed by atoms with van der Waals surface area (Å²) in [5.41, 5.74) is 7.13. The van der Waals surface area contributed by atoms with Gasteiger partial charge in [0.2, 0.25) is 0 Å². The van der Waals surface area contributed by atoms with E-state index in [1.54, 1.807) is 4.68 Å². The standard InChI is InChI=1S/C13H24N4O/c1-4-10(7-8-14)15-13(18)12-9-11(5-2)16-17(12)6-3/h9-10H,4-8,14H2,1-3H3,(H,15,18). The normalized spacial score (nSPS) is 12.4. The molecule has 3 N–H and O–H groups in total. The number of nitrogens with zero attached hydrogens (tertiary/aromatic N) is 2. The van der Waals surface area contributed by atoms with Crippen LogP contribution in [0.2, 0.25) is 0 Å². The molecule has 102 valence electrons. The molecule has 0 aromatic carbocycles. The monoisotopic (exact) mass is 252 g/mol. The fourth-order valence-electron chi connectivity index (χ4n) is 1.91. The second-order valence-corrected chi connectivity index (χ2v) is 4.35. The zero-order valence-corrected chi connectivity index (χ0v) is 11.6. The Hall–Kier alpha value is -1.36. The maximum absolute atomic E-state index is 12.2. The van der Waals surface area contributed by atoms with Crippen molar-refractivity contribution in [3.05, 3.63) is 17.5 Å². The summed E-state index contributed by atoms with van der Waals surface area (Å²) in [4.78, 5) is 12.2. The molecule has 0 saturated heterocycles. The van der Waals surface area contributed by atoms with Crippen molar-refractivity contribution in [2.24, 2.45) is 5.73 Å². The SMILES string of the molecule is CCc1cc(C(=O)NC(CC)CCN)n(CC)n1. The topological polar surface area (TPSA) is 72.9 Å². The van der Waals surface area contributed by atoms with Gasteiger partial charge in [-0.05, 0) is 38.8 Å². The molecule has 5 heteroatoms. The Balaban J connectivity index is 2.79. The average Bonchev–Trinajstić information content (AvgIpc) is 2.81. The second kappa shape index (κ2) is 7.16. The van der Waals surface area contributed by atoms with Crippen LogP contribution in [0, 0.1) is 0 Å². The van der Waals surface area contributed by atoms with E-state index in [1.807, 2.05) is 19.9 Å². The van der Waals surface area contributed by atoms with E-state index < -0.39 is 0 Å². The predicted molar refractivity (Wildman–Crippen MR) is 72.5 cm³/mol. The van der Waals surface area contributed by atoms with Gasteiger partial charge >= 0.3 is 0 Å². The quantitative estimate of drug-likeness (QED) is 0.768. The summed E-state index contributed by atoms with van der Waals surface area (Å²) in [6, 6.07) is 2.02. The molecule has 0 radical (unpaired) electrons. The highest BCUT2D eigenvalue weighted by Crippen LogP contribution is 2.07. The summed E-state index contributed by atoms with van der Waals surface area (Å²) < 4.78 is 1.75. The summed E-state index contributed by atoms with van der Waals surface area (Å²) in [6.07, 6.45) is 2.54. The van der Waals surface area contributed by atoms with Crippen LogP contribution in [0.1, 0.15) is 49.8 Å². The molecular formula is C13H24N4O. The van der Waals surface area contributed by atoms with Gasteiger partial charge in [0.1, 0.15) is 5.69 Å². The molecule has 1 aromatic rings. The van der Waals surface area contributed by atoms with Crippen LogP contribution >= 0.6 is 0 Å². The lowest BCUT2D eigenvalue weighted by atomic mass is 10.1. The smallest absolute Gasteiger partial charge is 0.269 e. The van der Waals surface area contributed by atoms with E-state index >= 15 is 0 Å². The number of hydrogen-bond donors (Lipinski definition) is 2. The molecule has 0 aliphatic rings. The highest BCUT2D eigenvalue weighted by Gasteiger charge is 2.16. The number of carbonyl (C=O) groups is 1. The van der Waals surface area contributed by atoms with Gasteiger partial charge in [0.05, 0.1) is 5.69 Å². The van der Waals surface area contributed by atoms with Crippen molar-refractivity contribution in [2.45, 2.75) is 52.6 Å². The summed E-state index contributed by atoms with van der Waals surface area (Å²) in [6.45, 7) is 7.37. The molecule has 1 heterocycles. The van der Waals surface area contributed by atoms with Crippen molar-refractivity contribution in [2.75, 3.05) is 6.54 Å². The minimum absolute atomic E-state index is 0.0515. The number of rotatable bonds is 7. The first-order valence-electron chi connectivity index (χ1n) is 6.73. The molecule has 0 bridgehead atoms. The van der Waals surface area contributed by atoms with E-state index in [2.05, 4.69) is 17.3 Å². The Morgan fingerprint density at radius 1 is 1.50 bits per heavy atom. The molecule has 0 aliphatic heterocycles. The highest BCUT2D eigenvalue weighted by atomic mass is 16.2. The van der Waals surface area contributed by atoms with E-state index in [0.29, 0.717) is 18.8 Å². The van der Waals surface area contributed by atoms with Gasteiger partial charge < -0.3 is 11.1 Å². The third kappa shape index (κ3) is 3.57. The summed E-state index contributed by atoms with van der Waals surface area (Å²) in [5.74, 6) is -0.0515. The van der Waals surface area contributed by atoms with Gasteiger partial charge in [0.15, 0.2) is 0 Å². The van der Waals surface area contributed by atoms with Crippen LogP contribution in [0.25, 0.3) is 0 Å². The second-order valence-electron chi connectivity index (χ2n) is 4.35. The van der Waals surface area contributed by atoms with E-state index in [0.717, 1.165) is 25.0 Å². The fraction of sp³-hybridized carbons (Fsp3) is 0.692. The third-order valence-electron chi connectivity index (χ3n) is 3.07. The first kappa shape index (κ1) is 14.7. The minimum Gasteiger partial charge on any atom is -0.348 e.